The SMILES string of the molecule is CC1(C)CN(C(=O)c2nc(S(C)(=O)=O)n3ccccc23)CCN1. The van der Waals surface area contributed by atoms with Crippen LogP contribution < -0.4 is 5.32 Å². The largest absolute Gasteiger partial charge is 0.334 e. The van der Waals surface area contributed by atoms with E-state index >= 15 is 0 Å². The first-order chi connectivity index (χ1) is 10.7. The van der Waals surface area contributed by atoms with Gasteiger partial charge >= 0.3 is 0 Å². The molecule has 23 heavy (non-hydrogen) atoms. The van der Waals surface area contributed by atoms with Gasteiger partial charge in [0.15, 0.2) is 5.69 Å². The van der Waals surface area contributed by atoms with Crippen molar-refractivity contribution in [2.75, 3.05) is 25.9 Å². The number of nitrogens with one attached hydrogen (secondary N) is 1. The standard InChI is InChI=1S/C15H20N4O3S/c1-15(2)10-18(9-7-16-15)13(20)12-11-6-4-5-8-19(11)14(17-12)23(3,21)22/h4-6,8,16H,7,9-10H2,1-3H3. The third-order valence-corrected chi connectivity index (χ3v) is 4.86. The van der Waals surface area contributed by atoms with Gasteiger partial charge < -0.3 is 10.2 Å². The number of nitrogens with zero attached hydrogens (tertiary/aromatic N) is 3. The average Bonchev–Trinajstić information content (AvgIpc) is 2.85. The maximum absolute atomic E-state index is 12.9. The van der Waals surface area contributed by atoms with Crippen LogP contribution >= 0.6 is 0 Å². The number of pyridine rings is 1. The molecule has 0 spiro atoms. The lowest BCUT2D eigenvalue weighted by atomic mass is 10.0. The fourth-order valence-electron chi connectivity index (χ4n) is 2.89. The van der Waals surface area contributed by atoms with Crippen molar-refractivity contribution in [2.24, 2.45) is 0 Å². The van der Waals surface area contributed by atoms with Gasteiger partial charge in [0.1, 0.15) is 0 Å². The number of fused-ring (bicyclic) bond motifs is 1. The molecule has 0 saturated carbocycles. The van der Waals surface area contributed by atoms with E-state index in [2.05, 4.69) is 10.3 Å². The van der Waals surface area contributed by atoms with Gasteiger partial charge in [-0.2, -0.15) is 0 Å². The highest BCUT2D eigenvalue weighted by Crippen LogP contribution is 2.20. The number of piperazine rings is 1. The smallest absolute Gasteiger partial charge is 0.274 e. The number of sulfone groups is 1. The van der Waals surface area contributed by atoms with Crippen LogP contribution in [0.15, 0.2) is 29.6 Å². The molecule has 1 aliphatic rings. The van der Waals surface area contributed by atoms with Crippen molar-refractivity contribution >= 4 is 21.3 Å². The molecule has 124 valence electrons. The van der Waals surface area contributed by atoms with Crippen LogP contribution in [0.25, 0.3) is 5.52 Å². The highest BCUT2D eigenvalue weighted by atomic mass is 32.2. The van der Waals surface area contributed by atoms with Crippen molar-refractivity contribution in [2.45, 2.75) is 24.5 Å². The molecular formula is C15H20N4O3S. The lowest BCUT2D eigenvalue weighted by molar-refractivity contribution is 0.0648. The molecule has 1 N–H and O–H groups in total. The molecule has 0 radical (unpaired) electrons. The number of imidazole rings is 1. The number of rotatable bonds is 2. The third kappa shape index (κ3) is 2.96. The van der Waals surface area contributed by atoms with Crippen LogP contribution in [-0.4, -0.2) is 60.0 Å². The van der Waals surface area contributed by atoms with Gasteiger partial charge in [0, 0.05) is 37.6 Å². The monoisotopic (exact) mass is 336 g/mol. The first kappa shape index (κ1) is 15.9. The lowest BCUT2D eigenvalue weighted by Gasteiger charge is -2.38. The molecule has 1 saturated heterocycles. The first-order valence-electron chi connectivity index (χ1n) is 7.40. The molecule has 1 aliphatic heterocycles. The summed E-state index contributed by atoms with van der Waals surface area (Å²) in [6, 6.07) is 5.19. The summed E-state index contributed by atoms with van der Waals surface area (Å²) in [7, 11) is -3.53. The average molecular weight is 336 g/mol. The Balaban J connectivity index is 2.08. The van der Waals surface area contributed by atoms with Crippen molar-refractivity contribution in [3.8, 4) is 0 Å². The molecule has 1 fully saturated rings. The fourth-order valence-corrected chi connectivity index (χ4v) is 3.67. The summed E-state index contributed by atoms with van der Waals surface area (Å²) in [5, 5.41) is 3.24. The van der Waals surface area contributed by atoms with Crippen LogP contribution in [-0.2, 0) is 9.84 Å². The van der Waals surface area contributed by atoms with Crippen LogP contribution in [0.5, 0.6) is 0 Å². The maximum atomic E-state index is 12.9. The quantitative estimate of drug-likeness (QED) is 0.866. The summed E-state index contributed by atoms with van der Waals surface area (Å²) in [4.78, 5) is 18.7. The van der Waals surface area contributed by atoms with Gasteiger partial charge in [0.2, 0.25) is 15.0 Å². The Kier molecular flexibility index (Phi) is 3.68. The van der Waals surface area contributed by atoms with E-state index in [4.69, 9.17) is 0 Å². The molecule has 0 unspecified atom stereocenters. The highest BCUT2D eigenvalue weighted by molar-refractivity contribution is 7.90. The molecule has 7 nitrogen and oxygen atoms in total. The Morgan fingerprint density at radius 3 is 2.74 bits per heavy atom. The fraction of sp³-hybridized carbons (Fsp3) is 0.467. The second-order valence-corrected chi connectivity index (χ2v) is 8.42. The van der Waals surface area contributed by atoms with Crippen molar-refractivity contribution in [3.63, 3.8) is 0 Å². The van der Waals surface area contributed by atoms with Gasteiger partial charge in [-0.3, -0.25) is 9.20 Å². The minimum Gasteiger partial charge on any atom is -0.334 e. The second kappa shape index (κ2) is 5.31. The first-order valence-corrected chi connectivity index (χ1v) is 9.30. The summed E-state index contributed by atoms with van der Waals surface area (Å²) < 4.78 is 25.3. The van der Waals surface area contributed by atoms with Crippen LogP contribution in [0.2, 0.25) is 0 Å². The Morgan fingerprint density at radius 2 is 2.09 bits per heavy atom. The minimum absolute atomic E-state index is 0.106. The molecule has 2 aromatic heterocycles. The Hall–Kier alpha value is -1.93. The van der Waals surface area contributed by atoms with E-state index in [1.807, 2.05) is 13.8 Å². The van der Waals surface area contributed by atoms with Crippen molar-refractivity contribution < 1.29 is 13.2 Å². The van der Waals surface area contributed by atoms with Gasteiger partial charge in [-0.1, -0.05) is 6.07 Å². The van der Waals surface area contributed by atoms with E-state index in [9.17, 15) is 13.2 Å². The van der Waals surface area contributed by atoms with E-state index < -0.39 is 9.84 Å². The molecule has 0 aromatic carbocycles. The molecule has 0 bridgehead atoms. The number of hydrogen-bond acceptors (Lipinski definition) is 5. The van der Waals surface area contributed by atoms with Gasteiger partial charge in [0.05, 0.1) is 5.52 Å². The van der Waals surface area contributed by atoms with E-state index in [0.29, 0.717) is 25.2 Å². The van der Waals surface area contributed by atoms with Crippen LogP contribution in [0.1, 0.15) is 24.3 Å². The number of carbonyl (C=O) groups excluding carboxylic acids is 1. The third-order valence-electron chi connectivity index (χ3n) is 3.91. The summed E-state index contributed by atoms with van der Waals surface area (Å²) in [6.07, 6.45) is 2.70. The Morgan fingerprint density at radius 1 is 1.35 bits per heavy atom. The van der Waals surface area contributed by atoms with Crippen molar-refractivity contribution in [1.29, 1.82) is 0 Å². The molecule has 0 aliphatic carbocycles. The summed E-state index contributed by atoms with van der Waals surface area (Å²) in [5.74, 6) is -0.238. The minimum atomic E-state index is -3.53. The number of aromatic nitrogens is 2. The van der Waals surface area contributed by atoms with Crippen molar-refractivity contribution in [3.05, 3.63) is 30.1 Å². The van der Waals surface area contributed by atoms with Crippen LogP contribution in [0, 0.1) is 0 Å². The van der Waals surface area contributed by atoms with Gasteiger partial charge in [-0.05, 0) is 26.0 Å². The molecule has 3 rings (SSSR count). The van der Waals surface area contributed by atoms with E-state index in [0.717, 1.165) is 6.26 Å². The van der Waals surface area contributed by atoms with E-state index in [1.165, 1.54) is 4.40 Å². The van der Waals surface area contributed by atoms with Gasteiger partial charge in [-0.25, -0.2) is 13.4 Å². The maximum Gasteiger partial charge on any atom is 0.274 e. The predicted octanol–water partition coefficient (Wildman–Crippen LogP) is 0.562. The summed E-state index contributed by atoms with van der Waals surface area (Å²) in [5.41, 5.74) is 0.515. The molecule has 8 heteroatoms. The zero-order valence-corrected chi connectivity index (χ0v) is 14.2. The summed E-state index contributed by atoms with van der Waals surface area (Å²) >= 11 is 0. The molecular weight excluding hydrogens is 316 g/mol. The Bertz CT molecular complexity index is 870. The number of hydrogen-bond donors (Lipinski definition) is 1. The van der Waals surface area contributed by atoms with E-state index in [-0.39, 0.29) is 22.3 Å². The number of amides is 1. The number of carbonyl (C=O) groups is 1. The molecule has 1 amide bonds. The summed E-state index contributed by atoms with van der Waals surface area (Å²) in [6.45, 7) is 5.87. The predicted molar refractivity (Wildman–Crippen MR) is 86.3 cm³/mol. The highest BCUT2D eigenvalue weighted by Gasteiger charge is 2.32. The van der Waals surface area contributed by atoms with Crippen LogP contribution in [0.4, 0.5) is 0 Å². The van der Waals surface area contributed by atoms with Gasteiger partial charge in [0.25, 0.3) is 5.91 Å². The zero-order valence-electron chi connectivity index (χ0n) is 13.4. The molecule has 0 atom stereocenters. The Labute approximate surface area is 135 Å². The second-order valence-electron chi connectivity index (χ2n) is 6.51. The topological polar surface area (TPSA) is 83.8 Å². The lowest BCUT2D eigenvalue weighted by Crippen LogP contribution is -2.58. The zero-order chi connectivity index (χ0) is 16.8. The van der Waals surface area contributed by atoms with E-state index in [1.54, 1.807) is 29.3 Å². The van der Waals surface area contributed by atoms with Crippen molar-refractivity contribution in [1.82, 2.24) is 19.6 Å². The van der Waals surface area contributed by atoms with Crippen LogP contribution in [0.3, 0.4) is 0 Å². The van der Waals surface area contributed by atoms with Gasteiger partial charge in [-0.15, -0.1) is 0 Å². The normalized spacial score (nSPS) is 18.3. The molecule has 3 heterocycles. The molecule has 2 aromatic rings.